The Labute approximate surface area is 142 Å². The monoisotopic (exact) mass is 343 g/mol. The van der Waals surface area contributed by atoms with Gasteiger partial charge < -0.3 is 4.74 Å². The van der Waals surface area contributed by atoms with Crippen LogP contribution in [0.2, 0.25) is 0 Å². The van der Waals surface area contributed by atoms with Gasteiger partial charge in [-0.2, -0.15) is 0 Å². The third kappa shape index (κ3) is 3.94. The molecule has 0 aliphatic carbocycles. The zero-order valence-electron chi connectivity index (χ0n) is 12.8. The van der Waals surface area contributed by atoms with E-state index in [1.165, 1.54) is 35.6 Å². The van der Waals surface area contributed by atoms with Crippen LogP contribution in [-0.2, 0) is 6.42 Å². The second kappa shape index (κ2) is 7.18. The first-order valence-electron chi connectivity index (χ1n) is 7.16. The van der Waals surface area contributed by atoms with E-state index in [1.807, 2.05) is 24.3 Å². The van der Waals surface area contributed by atoms with Crippen LogP contribution < -0.4 is 10.1 Å². The maximum Gasteiger partial charge on any atom is 0.257 e. The number of anilines is 1. The van der Waals surface area contributed by atoms with Crippen molar-refractivity contribution in [3.63, 3.8) is 0 Å². The van der Waals surface area contributed by atoms with Gasteiger partial charge in [-0.15, -0.1) is 10.2 Å². The Morgan fingerprint density at radius 1 is 1.21 bits per heavy atom. The Kier molecular flexibility index (Phi) is 4.81. The zero-order valence-corrected chi connectivity index (χ0v) is 13.6. The third-order valence-electron chi connectivity index (χ3n) is 3.29. The fraction of sp³-hybridized carbons (Fsp3) is 0.118. The van der Waals surface area contributed by atoms with Gasteiger partial charge in [-0.1, -0.05) is 29.5 Å². The van der Waals surface area contributed by atoms with Gasteiger partial charge in [0.05, 0.1) is 7.11 Å². The van der Waals surface area contributed by atoms with Crippen molar-refractivity contribution in [3.05, 3.63) is 70.5 Å². The van der Waals surface area contributed by atoms with Crippen molar-refractivity contribution in [3.8, 4) is 5.75 Å². The van der Waals surface area contributed by atoms with Crippen LogP contribution >= 0.6 is 11.3 Å². The van der Waals surface area contributed by atoms with Crippen molar-refractivity contribution in [1.82, 2.24) is 10.2 Å². The number of rotatable bonds is 5. The van der Waals surface area contributed by atoms with Crippen LogP contribution in [0.3, 0.4) is 0 Å². The molecule has 7 heteroatoms. The molecule has 0 fully saturated rings. The highest BCUT2D eigenvalue weighted by Gasteiger charge is 2.11. The van der Waals surface area contributed by atoms with Crippen LogP contribution in [0.5, 0.6) is 5.75 Å². The molecule has 122 valence electrons. The predicted octanol–water partition coefficient (Wildman–Crippen LogP) is 3.53. The Bertz CT molecular complexity index is 849. The van der Waals surface area contributed by atoms with Crippen molar-refractivity contribution in [1.29, 1.82) is 0 Å². The molecule has 0 saturated heterocycles. The summed E-state index contributed by atoms with van der Waals surface area (Å²) >= 11 is 1.29. The Balaban J connectivity index is 1.65. The lowest BCUT2D eigenvalue weighted by Gasteiger charge is -2.01. The van der Waals surface area contributed by atoms with Crippen molar-refractivity contribution in [2.24, 2.45) is 0 Å². The first kappa shape index (κ1) is 16.1. The molecule has 0 saturated carbocycles. The van der Waals surface area contributed by atoms with Crippen molar-refractivity contribution in [2.75, 3.05) is 12.4 Å². The molecular formula is C17H14FN3O2S. The Hall–Kier alpha value is -2.80. The number of carbonyl (C=O) groups is 1. The second-order valence-corrected chi connectivity index (χ2v) is 6.05. The smallest absolute Gasteiger partial charge is 0.257 e. The minimum atomic E-state index is -0.458. The summed E-state index contributed by atoms with van der Waals surface area (Å²) in [7, 11) is 1.62. The van der Waals surface area contributed by atoms with Crippen LogP contribution in [0, 0.1) is 5.82 Å². The lowest BCUT2D eigenvalue weighted by atomic mass is 10.1. The van der Waals surface area contributed by atoms with Gasteiger partial charge in [0.2, 0.25) is 5.13 Å². The quantitative estimate of drug-likeness (QED) is 0.770. The summed E-state index contributed by atoms with van der Waals surface area (Å²) in [5.41, 5.74) is 1.30. The summed E-state index contributed by atoms with van der Waals surface area (Å²) in [6.07, 6.45) is 0.609. The number of carbonyl (C=O) groups excluding carboxylic acids is 1. The van der Waals surface area contributed by atoms with E-state index in [9.17, 15) is 9.18 Å². The van der Waals surface area contributed by atoms with Gasteiger partial charge in [0.1, 0.15) is 16.6 Å². The first-order valence-corrected chi connectivity index (χ1v) is 7.98. The maximum atomic E-state index is 13.2. The van der Waals surface area contributed by atoms with Crippen LogP contribution in [0.25, 0.3) is 0 Å². The molecule has 0 spiro atoms. The summed E-state index contributed by atoms with van der Waals surface area (Å²) in [5, 5.41) is 11.8. The minimum Gasteiger partial charge on any atom is -0.497 e. The van der Waals surface area contributed by atoms with Crippen LogP contribution in [0.15, 0.2) is 48.5 Å². The van der Waals surface area contributed by atoms with Gasteiger partial charge in [0.15, 0.2) is 0 Å². The van der Waals surface area contributed by atoms with Crippen molar-refractivity contribution in [2.45, 2.75) is 6.42 Å². The molecule has 24 heavy (non-hydrogen) atoms. The molecule has 0 bridgehead atoms. The van der Waals surface area contributed by atoms with Gasteiger partial charge in [-0.05, 0) is 35.9 Å². The van der Waals surface area contributed by atoms with Gasteiger partial charge >= 0.3 is 0 Å². The number of amides is 1. The molecule has 1 aromatic heterocycles. The molecule has 3 rings (SSSR count). The zero-order chi connectivity index (χ0) is 16.9. The van der Waals surface area contributed by atoms with E-state index in [1.54, 1.807) is 7.11 Å². The van der Waals surface area contributed by atoms with Crippen LogP contribution in [0.1, 0.15) is 20.9 Å². The van der Waals surface area contributed by atoms with Gasteiger partial charge in [-0.25, -0.2) is 4.39 Å². The number of methoxy groups -OCH3 is 1. The van der Waals surface area contributed by atoms with E-state index in [2.05, 4.69) is 15.5 Å². The summed E-state index contributed by atoms with van der Waals surface area (Å²) in [6.45, 7) is 0. The fourth-order valence-corrected chi connectivity index (χ4v) is 2.86. The molecule has 0 atom stereocenters. The van der Waals surface area contributed by atoms with Gasteiger partial charge in [-0.3, -0.25) is 10.1 Å². The normalized spacial score (nSPS) is 10.4. The van der Waals surface area contributed by atoms with E-state index in [-0.39, 0.29) is 5.56 Å². The highest BCUT2D eigenvalue weighted by molar-refractivity contribution is 7.15. The molecule has 1 heterocycles. The Morgan fingerprint density at radius 3 is 2.71 bits per heavy atom. The number of benzene rings is 2. The average Bonchev–Trinajstić information content (AvgIpc) is 3.02. The van der Waals surface area contributed by atoms with E-state index < -0.39 is 11.7 Å². The number of aromatic nitrogens is 2. The third-order valence-corrected chi connectivity index (χ3v) is 4.13. The molecule has 5 nitrogen and oxygen atoms in total. The number of halogens is 1. The Morgan fingerprint density at radius 2 is 2.00 bits per heavy atom. The topological polar surface area (TPSA) is 64.1 Å². The molecule has 0 radical (unpaired) electrons. The molecule has 0 aliphatic heterocycles. The summed E-state index contributed by atoms with van der Waals surface area (Å²) in [5.74, 6) is -0.0826. The van der Waals surface area contributed by atoms with E-state index in [0.717, 1.165) is 16.3 Å². The number of hydrogen-bond donors (Lipinski definition) is 1. The fourth-order valence-electron chi connectivity index (χ4n) is 2.09. The number of hydrogen-bond acceptors (Lipinski definition) is 5. The molecule has 3 aromatic rings. The van der Waals surface area contributed by atoms with Gasteiger partial charge in [0, 0.05) is 12.0 Å². The largest absolute Gasteiger partial charge is 0.497 e. The predicted molar refractivity (Wildman–Crippen MR) is 90.1 cm³/mol. The highest BCUT2D eigenvalue weighted by atomic mass is 32.1. The first-order chi connectivity index (χ1) is 11.6. The number of nitrogens with zero attached hydrogens (tertiary/aromatic N) is 2. The second-order valence-electron chi connectivity index (χ2n) is 4.99. The van der Waals surface area contributed by atoms with E-state index >= 15 is 0 Å². The lowest BCUT2D eigenvalue weighted by Crippen LogP contribution is -2.11. The standard InChI is InChI=1S/C17H14FN3O2S/c1-23-14-7-5-11(6-8-14)9-15-20-21-17(24-15)19-16(22)12-3-2-4-13(18)10-12/h2-8,10H,9H2,1H3,(H,19,21,22). The molecule has 0 aliphatic rings. The van der Waals surface area contributed by atoms with E-state index in [0.29, 0.717) is 11.6 Å². The summed E-state index contributed by atoms with van der Waals surface area (Å²) in [4.78, 5) is 12.1. The lowest BCUT2D eigenvalue weighted by molar-refractivity contribution is 0.102. The molecule has 0 unspecified atom stereocenters. The molecular weight excluding hydrogens is 329 g/mol. The average molecular weight is 343 g/mol. The summed E-state index contributed by atoms with van der Waals surface area (Å²) in [6, 6.07) is 13.1. The van der Waals surface area contributed by atoms with Gasteiger partial charge in [0.25, 0.3) is 5.91 Å². The number of ether oxygens (including phenoxy) is 1. The molecule has 1 amide bonds. The van der Waals surface area contributed by atoms with E-state index in [4.69, 9.17) is 4.74 Å². The van der Waals surface area contributed by atoms with Crippen LogP contribution in [-0.4, -0.2) is 23.2 Å². The van der Waals surface area contributed by atoms with Crippen molar-refractivity contribution >= 4 is 22.4 Å². The number of nitrogens with one attached hydrogen (secondary N) is 1. The molecule has 2 aromatic carbocycles. The molecule has 1 N–H and O–H groups in total. The van der Waals surface area contributed by atoms with Crippen molar-refractivity contribution < 1.29 is 13.9 Å². The SMILES string of the molecule is COc1ccc(Cc2nnc(NC(=O)c3cccc(F)c3)s2)cc1. The highest BCUT2D eigenvalue weighted by Crippen LogP contribution is 2.20. The minimum absolute atomic E-state index is 0.238. The van der Waals surface area contributed by atoms with Crippen LogP contribution in [0.4, 0.5) is 9.52 Å². The maximum absolute atomic E-state index is 13.2. The summed E-state index contributed by atoms with van der Waals surface area (Å²) < 4.78 is 18.3.